The lowest BCUT2D eigenvalue weighted by molar-refractivity contribution is 0.0932. The quantitative estimate of drug-likeness (QED) is 0.722. The monoisotopic (exact) mass is 364 g/mol. The normalized spacial score (nSPS) is 11.2. The molecule has 6 nitrogen and oxygen atoms in total. The van der Waals surface area contributed by atoms with E-state index in [2.05, 4.69) is 29.5 Å². The second kappa shape index (κ2) is 7.61. The highest BCUT2D eigenvalue weighted by molar-refractivity contribution is 6.08. The molecule has 2 heterocycles. The Kier molecular flexibility index (Phi) is 5.26. The van der Waals surface area contributed by atoms with Crippen LogP contribution in [-0.4, -0.2) is 27.2 Å². The van der Waals surface area contributed by atoms with Gasteiger partial charge in [0, 0.05) is 17.9 Å². The van der Waals surface area contributed by atoms with Crippen molar-refractivity contribution in [1.82, 2.24) is 14.7 Å². The Labute approximate surface area is 158 Å². The first kappa shape index (κ1) is 18.6. The summed E-state index contributed by atoms with van der Waals surface area (Å²) in [6.45, 7) is 7.99. The van der Waals surface area contributed by atoms with Crippen molar-refractivity contribution >= 4 is 23.0 Å². The molecule has 0 fully saturated rings. The molecule has 0 aliphatic heterocycles. The number of benzene rings is 1. The third kappa shape index (κ3) is 4.00. The van der Waals surface area contributed by atoms with Crippen LogP contribution in [0.25, 0.3) is 5.52 Å². The summed E-state index contributed by atoms with van der Waals surface area (Å²) < 4.78 is 1.63. The SMILES string of the molecule is CC(C)NC(=O)c1nc(C(=O)Nc2ccc(C(C)C)cc2)c2ccccn12. The molecule has 0 spiro atoms. The maximum absolute atomic E-state index is 12.8. The van der Waals surface area contributed by atoms with Crippen molar-refractivity contribution in [3.63, 3.8) is 0 Å². The standard InChI is InChI=1S/C21H24N4O2/c1-13(2)15-8-10-16(11-9-15)23-20(26)18-17-7-5-6-12-25(17)19(24-18)21(27)22-14(3)4/h5-14H,1-4H3,(H,22,27)(H,23,26). The minimum absolute atomic E-state index is 0.0229. The fourth-order valence-electron chi connectivity index (χ4n) is 2.83. The Bertz CT molecular complexity index is 972. The molecular weight excluding hydrogens is 340 g/mol. The van der Waals surface area contributed by atoms with Gasteiger partial charge in [0.25, 0.3) is 11.8 Å². The van der Waals surface area contributed by atoms with Gasteiger partial charge >= 0.3 is 0 Å². The molecule has 0 unspecified atom stereocenters. The average Bonchev–Trinajstić information content (AvgIpc) is 3.01. The molecule has 0 saturated carbocycles. The van der Waals surface area contributed by atoms with Crippen LogP contribution in [0.3, 0.4) is 0 Å². The summed E-state index contributed by atoms with van der Waals surface area (Å²) in [7, 11) is 0. The number of nitrogens with one attached hydrogen (secondary N) is 2. The van der Waals surface area contributed by atoms with Gasteiger partial charge in [-0.05, 0) is 49.6 Å². The van der Waals surface area contributed by atoms with Gasteiger partial charge in [-0.1, -0.05) is 32.0 Å². The molecule has 3 aromatic rings. The van der Waals surface area contributed by atoms with E-state index in [1.165, 1.54) is 5.56 Å². The van der Waals surface area contributed by atoms with Crippen LogP contribution in [0.1, 0.15) is 60.3 Å². The molecule has 0 atom stereocenters. The number of hydrogen-bond acceptors (Lipinski definition) is 3. The highest BCUT2D eigenvalue weighted by Crippen LogP contribution is 2.19. The number of rotatable bonds is 5. The van der Waals surface area contributed by atoms with Crippen molar-refractivity contribution in [3.8, 4) is 0 Å². The molecule has 140 valence electrons. The van der Waals surface area contributed by atoms with Gasteiger partial charge in [0.2, 0.25) is 5.82 Å². The third-order valence-corrected chi connectivity index (χ3v) is 4.22. The fraction of sp³-hybridized carbons (Fsp3) is 0.286. The van der Waals surface area contributed by atoms with Gasteiger partial charge in [-0.15, -0.1) is 0 Å². The van der Waals surface area contributed by atoms with Gasteiger partial charge in [0.05, 0.1) is 5.52 Å². The van der Waals surface area contributed by atoms with Crippen molar-refractivity contribution in [2.24, 2.45) is 0 Å². The fourth-order valence-corrected chi connectivity index (χ4v) is 2.83. The molecule has 0 aliphatic carbocycles. The van der Waals surface area contributed by atoms with Crippen LogP contribution in [0.5, 0.6) is 0 Å². The summed E-state index contributed by atoms with van der Waals surface area (Å²) in [6, 6.07) is 13.1. The Hall–Kier alpha value is -3.15. The molecule has 6 heteroatoms. The third-order valence-electron chi connectivity index (χ3n) is 4.22. The number of aromatic nitrogens is 2. The van der Waals surface area contributed by atoms with Crippen LogP contribution in [-0.2, 0) is 0 Å². The number of fused-ring (bicyclic) bond motifs is 1. The maximum atomic E-state index is 12.8. The first-order valence-corrected chi connectivity index (χ1v) is 9.06. The topological polar surface area (TPSA) is 75.5 Å². The molecule has 0 radical (unpaired) electrons. The lowest BCUT2D eigenvalue weighted by atomic mass is 10.0. The van der Waals surface area contributed by atoms with E-state index < -0.39 is 0 Å². The molecule has 1 aromatic carbocycles. The minimum atomic E-state index is -0.348. The largest absolute Gasteiger partial charge is 0.347 e. The van der Waals surface area contributed by atoms with Crippen LogP contribution in [0.15, 0.2) is 48.7 Å². The van der Waals surface area contributed by atoms with E-state index in [4.69, 9.17) is 0 Å². The van der Waals surface area contributed by atoms with Crippen LogP contribution >= 0.6 is 0 Å². The molecular formula is C21H24N4O2. The first-order valence-electron chi connectivity index (χ1n) is 9.06. The van der Waals surface area contributed by atoms with Crippen molar-refractivity contribution in [2.45, 2.75) is 39.7 Å². The molecule has 0 aliphatic rings. The zero-order valence-electron chi connectivity index (χ0n) is 16.0. The number of carbonyl (C=O) groups is 2. The van der Waals surface area contributed by atoms with E-state index in [1.54, 1.807) is 22.7 Å². The van der Waals surface area contributed by atoms with E-state index in [-0.39, 0.29) is 29.4 Å². The van der Waals surface area contributed by atoms with E-state index in [0.29, 0.717) is 17.1 Å². The lowest BCUT2D eigenvalue weighted by Crippen LogP contribution is -2.31. The second-order valence-corrected chi connectivity index (χ2v) is 7.10. The predicted octanol–water partition coefficient (Wildman–Crippen LogP) is 3.85. The van der Waals surface area contributed by atoms with E-state index in [0.717, 1.165) is 0 Å². The zero-order valence-corrected chi connectivity index (χ0v) is 16.0. The number of carbonyl (C=O) groups excluding carboxylic acids is 2. The number of pyridine rings is 1. The van der Waals surface area contributed by atoms with Crippen molar-refractivity contribution < 1.29 is 9.59 Å². The smallest absolute Gasteiger partial charge is 0.287 e. The van der Waals surface area contributed by atoms with Gasteiger partial charge in [-0.3, -0.25) is 14.0 Å². The van der Waals surface area contributed by atoms with Crippen molar-refractivity contribution in [3.05, 3.63) is 65.7 Å². The van der Waals surface area contributed by atoms with E-state index in [1.807, 2.05) is 44.2 Å². The number of anilines is 1. The Morgan fingerprint density at radius 2 is 1.67 bits per heavy atom. The van der Waals surface area contributed by atoms with Crippen LogP contribution < -0.4 is 10.6 Å². The zero-order chi connectivity index (χ0) is 19.6. The summed E-state index contributed by atoms with van der Waals surface area (Å²) in [5.74, 6) is -0.0420. The Morgan fingerprint density at radius 1 is 0.963 bits per heavy atom. The number of amides is 2. The summed E-state index contributed by atoms with van der Waals surface area (Å²) in [4.78, 5) is 29.5. The van der Waals surface area contributed by atoms with Gasteiger partial charge in [0.15, 0.2) is 5.69 Å². The van der Waals surface area contributed by atoms with Crippen LogP contribution in [0.2, 0.25) is 0 Å². The molecule has 2 N–H and O–H groups in total. The molecule has 0 saturated heterocycles. The van der Waals surface area contributed by atoms with Crippen LogP contribution in [0.4, 0.5) is 5.69 Å². The highest BCUT2D eigenvalue weighted by Gasteiger charge is 2.21. The Morgan fingerprint density at radius 3 is 2.30 bits per heavy atom. The van der Waals surface area contributed by atoms with Gasteiger partial charge in [-0.25, -0.2) is 4.98 Å². The van der Waals surface area contributed by atoms with Crippen molar-refractivity contribution in [2.75, 3.05) is 5.32 Å². The van der Waals surface area contributed by atoms with E-state index >= 15 is 0 Å². The minimum Gasteiger partial charge on any atom is -0.347 e. The summed E-state index contributed by atoms with van der Waals surface area (Å²) in [6.07, 6.45) is 1.73. The van der Waals surface area contributed by atoms with Crippen LogP contribution in [0, 0.1) is 0 Å². The predicted molar refractivity (Wildman–Crippen MR) is 106 cm³/mol. The average molecular weight is 364 g/mol. The Balaban J connectivity index is 1.91. The molecule has 3 rings (SSSR count). The van der Waals surface area contributed by atoms with Crippen molar-refractivity contribution in [1.29, 1.82) is 0 Å². The molecule has 2 aromatic heterocycles. The van der Waals surface area contributed by atoms with Gasteiger partial charge in [-0.2, -0.15) is 0 Å². The number of imidazole rings is 1. The molecule has 2 amide bonds. The molecule has 0 bridgehead atoms. The second-order valence-electron chi connectivity index (χ2n) is 7.10. The number of nitrogens with zero attached hydrogens (tertiary/aromatic N) is 2. The lowest BCUT2D eigenvalue weighted by Gasteiger charge is -2.07. The first-order chi connectivity index (χ1) is 12.9. The highest BCUT2D eigenvalue weighted by atomic mass is 16.2. The summed E-state index contributed by atoms with van der Waals surface area (Å²) >= 11 is 0. The molecule has 27 heavy (non-hydrogen) atoms. The summed E-state index contributed by atoms with van der Waals surface area (Å²) in [5, 5.41) is 5.68. The van der Waals surface area contributed by atoms with Gasteiger partial charge in [0.1, 0.15) is 0 Å². The van der Waals surface area contributed by atoms with Gasteiger partial charge < -0.3 is 10.6 Å². The number of hydrogen-bond donors (Lipinski definition) is 2. The maximum Gasteiger partial charge on any atom is 0.287 e. The summed E-state index contributed by atoms with van der Waals surface area (Å²) in [5.41, 5.74) is 2.70. The van der Waals surface area contributed by atoms with E-state index in [9.17, 15) is 9.59 Å².